The van der Waals surface area contributed by atoms with Gasteiger partial charge in [-0.1, -0.05) is 40.0 Å². The molecule has 0 spiro atoms. The first-order chi connectivity index (χ1) is 8.73. The van der Waals surface area contributed by atoms with Crippen LogP contribution in [0.3, 0.4) is 0 Å². The van der Waals surface area contributed by atoms with Gasteiger partial charge in [0.1, 0.15) is 6.04 Å². The molecule has 2 atom stereocenters. The van der Waals surface area contributed by atoms with Crippen molar-refractivity contribution >= 4 is 11.9 Å². The Kier molecular flexibility index (Phi) is 5.35. The first kappa shape index (κ1) is 16.0. The van der Waals surface area contributed by atoms with Gasteiger partial charge in [0.05, 0.1) is 6.04 Å². The molecular formula is C14H26N2O3. The van der Waals surface area contributed by atoms with Crippen molar-refractivity contribution in [3.05, 3.63) is 0 Å². The molecule has 0 heterocycles. The highest BCUT2D eigenvalue weighted by Gasteiger charge is 2.34. The maximum Gasteiger partial charge on any atom is 0.326 e. The zero-order chi connectivity index (χ0) is 14.6. The van der Waals surface area contributed by atoms with Crippen LogP contribution >= 0.6 is 0 Å². The fourth-order valence-electron chi connectivity index (χ4n) is 2.49. The van der Waals surface area contributed by atoms with Gasteiger partial charge in [-0.25, -0.2) is 4.79 Å². The molecule has 0 bridgehead atoms. The molecule has 5 heteroatoms. The van der Waals surface area contributed by atoms with Gasteiger partial charge in [-0.05, 0) is 24.2 Å². The first-order valence-corrected chi connectivity index (χ1v) is 7.02. The summed E-state index contributed by atoms with van der Waals surface area (Å²) in [5.74, 6) is -1.30. The summed E-state index contributed by atoms with van der Waals surface area (Å²) in [6.07, 6.45) is 4.95. The number of amides is 1. The summed E-state index contributed by atoms with van der Waals surface area (Å²) in [6, 6.07) is -1.50. The largest absolute Gasteiger partial charge is 0.480 e. The normalized spacial score (nSPS) is 20.6. The predicted octanol–water partition coefficient (Wildman–Crippen LogP) is 1.51. The first-order valence-electron chi connectivity index (χ1n) is 7.02. The van der Waals surface area contributed by atoms with E-state index >= 15 is 0 Å². The molecular weight excluding hydrogens is 244 g/mol. The van der Waals surface area contributed by atoms with Crippen molar-refractivity contribution in [2.75, 3.05) is 0 Å². The van der Waals surface area contributed by atoms with Gasteiger partial charge in [0.25, 0.3) is 0 Å². The van der Waals surface area contributed by atoms with E-state index in [0.717, 1.165) is 32.1 Å². The summed E-state index contributed by atoms with van der Waals surface area (Å²) in [7, 11) is 0. The second-order valence-electron chi connectivity index (χ2n) is 6.57. The molecule has 0 aromatic carbocycles. The lowest BCUT2D eigenvalue weighted by Gasteiger charge is -2.31. The highest BCUT2D eigenvalue weighted by molar-refractivity contribution is 5.87. The summed E-state index contributed by atoms with van der Waals surface area (Å²) in [5, 5.41) is 11.9. The van der Waals surface area contributed by atoms with Crippen molar-refractivity contribution in [2.45, 2.75) is 65.0 Å². The zero-order valence-corrected chi connectivity index (χ0v) is 12.1. The molecule has 19 heavy (non-hydrogen) atoms. The van der Waals surface area contributed by atoms with E-state index in [9.17, 15) is 14.7 Å². The minimum atomic E-state index is -0.957. The van der Waals surface area contributed by atoms with E-state index in [1.54, 1.807) is 0 Å². The smallest absolute Gasteiger partial charge is 0.326 e. The van der Waals surface area contributed by atoms with Crippen LogP contribution in [0.1, 0.15) is 52.9 Å². The Balaban J connectivity index is 2.68. The lowest BCUT2D eigenvalue weighted by atomic mass is 9.83. The van der Waals surface area contributed by atoms with Crippen molar-refractivity contribution in [3.63, 3.8) is 0 Å². The SMILES string of the molecule is CC(C)(C)C(N)C(=O)NC(C(=O)O)C1CCCCC1. The Hall–Kier alpha value is -1.10. The van der Waals surface area contributed by atoms with Crippen LogP contribution in [0.25, 0.3) is 0 Å². The molecule has 0 saturated heterocycles. The number of nitrogens with two attached hydrogens (primary N) is 1. The average Bonchev–Trinajstić information content (AvgIpc) is 2.34. The van der Waals surface area contributed by atoms with Gasteiger partial charge in [-0.15, -0.1) is 0 Å². The van der Waals surface area contributed by atoms with E-state index < -0.39 is 18.1 Å². The number of nitrogens with one attached hydrogen (secondary N) is 1. The number of hydrogen-bond donors (Lipinski definition) is 3. The van der Waals surface area contributed by atoms with Crippen LogP contribution in [0.2, 0.25) is 0 Å². The summed E-state index contributed by atoms with van der Waals surface area (Å²) >= 11 is 0. The van der Waals surface area contributed by atoms with Gasteiger partial charge in [-0.3, -0.25) is 4.79 Å². The van der Waals surface area contributed by atoms with E-state index in [1.807, 2.05) is 20.8 Å². The summed E-state index contributed by atoms with van der Waals surface area (Å²) in [4.78, 5) is 23.4. The fourth-order valence-corrected chi connectivity index (χ4v) is 2.49. The quantitative estimate of drug-likeness (QED) is 0.722. The second-order valence-corrected chi connectivity index (χ2v) is 6.57. The number of carboxylic acids is 1. The van der Waals surface area contributed by atoms with Gasteiger partial charge in [0, 0.05) is 0 Å². The van der Waals surface area contributed by atoms with Crippen LogP contribution in [0.4, 0.5) is 0 Å². The Bertz CT molecular complexity index is 330. The molecule has 0 aliphatic heterocycles. The molecule has 1 saturated carbocycles. The Morgan fingerprint density at radius 2 is 1.74 bits per heavy atom. The van der Waals surface area contributed by atoms with Crippen molar-refractivity contribution in [3.8, 4) is 0 Å². The Morgan fingerprint density at radius 3 is 2.16 bits per heavy atom. The third kappa shape index (κ3) is 4.49. The summed E-state index contributed by atoms with van der Waals surface area (Å²) in [5.41, 5.74) is 5.49. The summed E-state index contributed by atoms with van der Waals surface area (Å²) < 4.78 is 0. The number of hydrogen-bond acceptors (Lipinski definition) is 3. The van der Waals surface area contributed by atoms with Crippen LogP contribution in [-0.2, 0) is 9.59 Å². The van der Waals surface area contributed by atoms with Crippen LogP contribution in [0.5, 0.6) is 0 Å². The second kappa shape index (κ2) is 6.37. The van der Waals surface area contributed by atoms with Gasteiger partial charge in [0.15, 0.2) is 0 Å². The molecule has 110 valence electrons. The van der Waals surface area contributed by atoms with Crippen LogP contribution < -0.4 is 11.1 Å². The number of carbonyl (C=O) groups is 2. The van der Waals surface area contributed by atoms with Crippen molar-refractivity contribution in [1.82, 2.24) is 5.32 Å². The van der Waals surface area contributed by atoms with Gasteiger partial charge in [-0.2, -0.15) is 0 Å². The van der Waals surface area contributed by atoms with Crippen LogP contribution in [-0.4, -0.2) is 29.1 Å². The molecule has 2 unspecified atom stereocenters. The molecule has 1 aliphatic rings. The lowest BCUT2D eigenvalue weighted by molar-refractivity contribution is -0.144. The third-order valence-corrected chi connectivity index (χ3v) is 3.90. The van der Waals surface area contributed by atoms with E-state index in [1.165, 1.54) is 0 Å². The predicted molar refractivity (Wildman–Crippen MR) is 73.6 cm³/mol. The van der Waals surface area contributed by atoms with E-state index in [-0.39, 0.29) is 17.2 Å². The van der Waals surface area contributed by atoms with Crippen LogP contribution in [0.15, 0.2) is 0 Å². The molecule has 1 amide bonds. The number of carboxylic acid groups (broad SMARTS) is 1. The maximum absolute atomic E-state index is 12.0. The third-order valence-electron chi connectivity index (χ3n) is 3.90. The maximum atomic E-state index is 12.0. The van der Waals surface area contributed by atoms with Gasteiger partial charge in [0.2, 0.25) is 5.91 Å². The number of aliphatic carboxylic acids is 1. The minimum absolute atomic E-state index is 0.0300. The highest BCUT2D eigenvalue weighted by atomic mass is 16.4. The molecule has 0 radical (unpaired) electrons. The van der Waals surface area contributed by atoms with Gasteiger partial charge < -0.3 is 16.2 Å². The molecule has 5 nitrogen and oxygen atoms in total. The topological polar surface area (TPSA) is 92.4 Å². The van der Waals surface area contributed by atoms with Crippen molar-refractivity contribution in [2.24, 2.45) is 17.1 Å². The molecule has 0 aromatic rings. The average molecular weight is 270 g/mol. The molecule has 1 fully saturated rings. The molecule has 1 aliphatic carbocycles. The van der Waals surface area contributed by atoms with E-state index in [4.69, 9.17) is 5.73 Å². The van der Waals surface area contributed by atoms with Crippen molar-refractivity contribution in [1.29, 1.82) is 0 Å². The van der Waals surface area contributed by atoms with Gasteiger partial charge >= 0.3 is 5.97 Å². The Morgan fingerprint density at radius 1 is 1.21 bits per heavy atom. The lowest BCUT2D eigenvalue weighted by Crippen LogP contribution is -2.55. The van der Waals surface area contributed by atoms with Crippen LogP contribution in [0, 0.1) is 11.3 Å². The fraction of sp³-hybridized carbons (Fsp3) is 0.857. The standard InChI is InChI=1S/C14H26N2O3/c1-14(2,3)11(15)12(17)16-10(13(18)19)9-7-5-4-6-8-9/h9-11H,4-8,15H2,1-3H3,(H,16,17)(H,18,19). The molecule has 0 aromatic heterocycles. The highest BCUT2D eigenvalue weighted by Crippen LogP contribution is 2.27. The van der Waals surface area contributed by atoms with E-state index in [2.05, 4.69) is 5.32 Å². The molecule has 4 N–H and O–H groups in total. The number of rotatable bonds is 4. The zero-order valence-electron chi connectivity index (χ0n) is 12.1. The molecule has 1 rings (SSSR count). The number of carbonyl (C=O) groups excluding carboxylic acids is 1. The minimum Gasteiger partial charge on any atom is -0.480 e. The monoisotopic (exact) mass is 270 g/mol. The Labute approximate surface area is 114 Å². The van der Waals surface area contributed by atoms with Crippen molar-refractivity contribution < 1.29 is 14.7 Å². The summed E-state index contributed by atoms with van der Waals surface area (Å²) in [6.45, 7) is 5.61. The van der Waals surface area contributed by atoms with E-state index in [0.29, 0.717) is 0 Å².